The number of anilines is 1. The van der Waals surface area contributed by atoms with Crippen molar-refractivity contribution in [2.45, 2.75) is 38.0 Å². The lowest BCUT2D eigenvalue weighted by Gasteiger charge is -2.29. The van der Waals surface area contributed by atoms with Gasteiger partial charge in [-0.15, -0.1) is 0 Å². The van der Waals surface area contributed by atoms with Crippen LogP contribution in [0.3, 0.4) is 0 Å². The van der Waals surface area contributed by atoms with E-state index in [1.165, 1.54) is 23.9 Å². The summed E-state index contributed by atoms with van der Waals surface area (Å²) in [4.78, 5) is 33.6. The average molecular weight is 466 g/mol. The SMILES string of the molecule is COC(=O)C[C@H]1CC[C@H](c2ccc(N(CCO)C(=O)c3c(Cl)ncnc3Cl)cc2)CC1. The van der Waals surface area contributed by atoms with Gasteiger partial charge in [0.15, 0.2) is 0 Å². The molecule has 0 spiro atoms. The van der Waals surface area contributed by atoms with E-state index in [-0.39, 0.29) is 35.0 Å². The van der Waals surface area contributed by atoms with E-state index >= 15 is 0 Å². The summed E-state index contributed by atoms with van der Waals surface area (Å²) < 4.78 is 4.77. The van der Waals surface area contributed by atoms with Crippen LogP contribution in [-0.4, -0.2) is 47.2 Å². The van der Waals surface area contributed by atoms with Crippen molar-refractivity contribution in [3.8, 4) is 0 Å². The number of benzene rings is 1. The van der Waals surface area contributed by atoms with E-state index in [1.807, 2.05) is 24.3 Å². The molecule has 0 saturated heterocycles. The van der Waals surface area contributed by atoms with E-state index in [9.17, 15) is 14.7 Å². The molecule has 9 heteroatoms. The van der Waals surface area contributed by atoms with Gasteiger partial charge in [0.25, 0.3) is 5.91 Å². The molecule has 31 heavy (non-hydrogen) atoms. The Labute approximate surface area is 191 Å². The number of nitrogens with zero attached hydrogens (tertiary/aromatic N) is 3. The third-order valence-corrected chi connectivity index (χ3v) is 6.32. The lowest BCUT2D eigenvalue weighted by molar-refractivity contribution is -0.142. The third kappa shape index (κ3) is 5.73. The Hall–Kier alpha value is -2.22. The molecule has 0 bridgehead atoms. The highest BCUT2D eigenvalue weighted by Crippen LogP contribution is 2.37. The number of hydrogen-bond acceptors (Lipinski definition) is 6. The first-order valence-corrected chi connectivity index (χ1v) is 11.0. The molecule has 1 aliphatic rings. The molecule has 0 radical (unpaired) electrons. The van der Waals surface area contributed by atoms with Crippen molar-refractivity contribution in [2.24, 2.45) is 5.92 Å². The standard InChI is InChI=1S/C22H25Cl2N3O4/c1-31-18(29)12-14-2-4-15(5-3-14)16-6-8-17(9-7-16)27(10-11-28)22(30)19-20(23)25-13-26-21(19)24/h6-9,13-15,28H,2-5,10-12H2,1H3/t14-,15-. The molecule has 0 atom stereocenters. The molecule has 1 aliphatic carbocycles. The summed E-state index contributed by atoms with van der Waals surface area (Å²) in [6.07, 6.45) is 5.66. The van der Waals surface area contributed by atoms with Crippen LogP contribution in [-0.2, 0) is 9.53 Å². The fraction of sp³-hybridized carbons (Fsp3) is 0.455. The highest BCUT2D eigenvalue weighted by molar-refractivity contribution is 6.39. The number of halogens is 2. The molecule has 1 fully saturated rings. The Morgan fingerprint density at radius 3 is 2.26 bits per heavy atom. The quantitative estimate of drug-likeness (QED) is 0.484. The van der Waals surface area contributed by atoms with E-state index in [1.54, 1.807) is 0 Å². The maximum Gasteiger partial charge on any atom is 0.305 e. The number of rotatable bonds is 7. The van der Waals surface area contributed by atoms with Gasteiger partial charge in [-0.1, -0.05) is 35.3 Å². The molecule has 2 aromatic rings. The van der Waals surface area contributed by atoms with Gasteiger partial charge in [0.2, 0.25) is 0 Å². The Bertz CT molecular complexity index is 895. The van der Waals surface area contributed by atoms with Gasteiger partial charge in [-0.3, -0.25) is 9.59 Å². The molecule has 1 aromatic carbocycles. The van der Waals surface area contributed by atoms with Gasteiger partial charge < -0.3 is 14.7 Å². The number of carbonyl (C=O) groups excluding carboxylic acids is 2. The highest BCUT2D eigenvalue weighted by atomic mass is 35.5. The Kier molecular flexibility index (Phi) is 8.23. The summed E-state index contributed by atoms with van der Waals surface area (Å²) in [5.41, 5.74) is 1.82. The monoisotopic (exact) mass is 465 g/mol. The van der Waals surface area contributed by atoms with Gasteiger partial charge >= 0.3 is 5.97 Å². The minimum Gasteiger partial charge on any atom is -0.469 e. The molecule has 1 heterocycles. The van der Waals surface area contributed by atoms with Gasteiger partial charge in [0, 0.05) is 18.7 Å². The summed E-state index contributed by atoms with van der Waals surface area (Å²) in [5.74, 6) is 0.172. The van der Waals surface area contributed by atoms with Crippen LogP contribution in [0.1, 0.15) is 53.9 Å². The Morgan fingerprint density at radius 1 is 1.10 bits per heavy atom. The van der Waals surface area contributed by atoms with Crippen molar-refractivity contribution in [1.82, 2.24) is 9.97 Å². The van der Waals surface area contributed by atoms with Crippen LogP contribution in [0.25, 0.3) is 0 Å². The van der Waals surface area contributed by atoms with Crippen LogP contribution < -0.4 is 4.90 Å². The van der Waals surface area contributed by atoms with E-state index in [0.29, 0.717) is 23.9 Å². The molecule has 7 nitrogen and oxygen atoms in total. The van der Waals surface area contributed by atoms with Crippen LogP contribution in [0.15, 0.2) is 30.6 Å². The summed E-state index contributed by atoms with van der Waals surface area (Å²) in [5, 5.41) is 9.40. The van der Waals surface area contributed by atoms with Crippen LogP contribution in [0.4, 0.5) is 5.69 Å². The van der Waals surface area contributed by atoms with E-state index in [4.69, 9.17) is 27.9 Å². The van der Waals surface area contributed by atoms with Gasteiger partial charge in [-0.05, 0) is 55.2 Å². The summed E-state index contributed by atoms with van der Waals surface area (Å²) >= 11 is 12.1. The fourth-order valence-electron chi connectivity index (χ4n) is 4.05. The number of carbonyl (C=O) groups is 2. The van der Waals surface area contributed by atoms with Crippen molar-refractivity contribution in [2.75, 3.05) is 25.2 Å². The van der Waals surface area contributed by atoms with Gasteiger partial charge in [0.05, 0.1) is 13.7 Å². The predicted octanol–water partition coefficient (Wildman–Crippen LogP) is 4.26. The van der Waals surface area contributed by atoms with Gasteiger partial charge in [-0.2, -0.15) is 0 Å². The molecular weight excluding hydrogens is 441 g/mol. The molecule has 0 aliphatic heterocycles. The lowest BCUT2D eigenvalue weighted by atomic mass is 9.77. The first kappa shape index (κ1) is 23.4. The number of methoxy groups -OCH3 is 1. The third-order valence-electron chi connectivity index (χ3n) is 5.74. The number of hydrogen-bond donors (Lipinski definition) is 1. The van der Waals surface area contributed by atoms with Crippen molar-refractivity contribution >= 4 is 40.8 Å². The topological polar surface area (TPSA) is 92.6 Å². The zero-order valence-corrected chi connectivity index (χ0v) is 18.8. The van der Waals surface area contributed by atoms with Crippen LogP contribution in [0.5, 0.6) is 0 Å². The summed E-state index contributed by atoms with van der Waals surface area (Å²) in [6, 6.07) is 7.72. The minimum absolute atomic E-state index is 0.00675. The number of aromatic nitrogens is 2. The molecular formula is C22H25Cl2N3O4. The second-order valence-corrected chi connectivity index (χ2v) is 8.32. The van der Waals surface area contributed by atoms with Crippen molar-refractivity contribution in [3.05, 3.63) is 52.0 Å². The number of ether oxygens (including phenoxy) is 1. The minimum atomic E-state index is -0.472. The van der Waals surface area contributed by atoms with E-state index in [0.717, 1.165) is 25.7 Å². The number of esters is 1. The Balaban J connectivity index is 1.71. The predicted molar refractivity (Wildman–Crippen MR) is 119 cm³/mol. The second kappa shape index (κ2) is 10.9. The van der Waals surface area contributed by atoms with Gasteiger partial charge in [-0.25, -0.2) is 9.97 Å². The van der Waals surface area contributed by atoms with Crippen LogP contribution in [0.2, 0.25) is 10.3 Å². The molecule has 1 amide bonds. The number of aliphatic hydroxyl groups excluding tert-OH is 1. The molecule has 1 saturated carbocycles. The average Bonchev–Trinajstić information content (AvgIpc) is 2.78. The van der Waals surface area contributed by atoms with Crippen molar-refractivity contribution < 1.29 is 19.4 Å². The molecule has 166 valence electrons. The Morgan fingerprint density at radius 2 is 1.71 bits per heavy atom. The zero-order chi connectivity index (χ0) is 22.4. The van der Waals surface area contributed by atoms with Crippen LogP contribution in [0, 0.1) is 5.92 Å². The molecule has 1 N–H and O–H groups in total. The molecule has 3 rings (SSSR count). The fourth-order valence-corrected chi connectivity index (χ4v) is 4.53. The van der Waals surface area contributed by atoms with Crippen molar-refractivity contribution in [1.29, 1.82) is 0 Å². The molecule has 0 unspecified atom stereocenters. The number of aliphatic hydroxyl groups is 1. The maximum atomic E-state index is 13.0. The first-order valence-electron chi connectivity index (χ1n) is 10.2. The maximum absolute atomic E-state index is 13.0. The normalized spacial score (nSPS) is 18.5. The summed E-state index contributed by atoms with van der Waals surface area (Å²) in [6.45, 7) is -0.140. The zero-order valence-electron chi connectivity index (χ0n) is 17.3. The van der Waals surface area contributed by atoms with E-state index in [2.05, 4.69) is 9.97 Å². The van der Waals surface area contributed by atoms with Gasteiger partial charge in [0.1, 0.15) is 22.2 Å². The smallest absolute Gasteiger partial charge is 0.305 e. The second-order valence-electron chi connectivity index (χ2n) is 7.60. The first-order chi connectivity index (χ1) is 14.9. The van der Waals surface area contributed by atoms with Crippen molar-refractivity contribution in [3.63, 3.8) is 0 Å². The highest BCUT2D eigenvalue weighted by Gasteiger charge is 2.26. The number of amides is 1. The van der Waals surface area contributed by atoms with Crippen LogP contribution >= 0.6 is 23.2 Å². The molecule has 1 aromatic heterocycles. The lowest BCUT2D eigenvalue weighted by Crippen LogP contribution is -2.34. The van der Waals surface area contributed by atoms with E-state index < -0.39 is 5.91 Å². The largest absolute Gasteiger partial charge is 0.469 e. The summed E-state index contributed by atoms with van der Waals surface area (Å²) in [7, 11) is 1.42.